The average Bonchev–Trinajstić information content (AvgIpc) is 3.49. The molecule has 4 nitrogen and oxygen atoms in total. The first-order chi connectivity index (χ1) is 22.7. The maximum Gasteiger partial charge on any atom is 0.162 e. The third kappa shape index (κ3) is 7.13. The van der Waals surface area contributed by atoms with Gasteiger partial charge in [-0.2, -0.15) is 0 Å². The molecule has 1 radical (unpaired) electrons. The van der Waals surface area contributed by atoms with E-state index in [4.69, 9.17) is 7.16 Å². The van der Waals surface area contributed by atoms with Crippen LogP contribution >= 0.6 is 0 Å². The van der Waals surface area contributed by atoms with Gasteiger partial charge >= 0.3 is 0 Å². The molecule has 0 saturated carbocycles. The van der Waals surface area contributed by atoms with E-state index in [1.807, 2.05) is 52.8 Å². The molecule has 6 rings (SSSR count). The molecule has 5 heteroatoms. The monoisotopic (exact) mass is 811 g/mol. The molecule has 47 heavy (non-hydrogen) atoms. The van der Waals surface area contributed by atoms with Crippen molar-refractivity contribution in [1.82, 2.24) is 4.98 Å². The number of hydrogen-bond acceptors (Lipinski definition) is 4. The number of carbonyl (C=O) groups is 1. The van der Waals surface area contributed by atoms with Crippen LogP contribution in [0.4, 0.5) is 0 Å². The Labute approximate surface area is 297 Å². The molecule has 3 aromatic carbocycles. The summed E-state index contributed by atoms with van der Waals surface area (Å²) in [4.78, 5) is 16.3. The Hall–Kier alpha value is -3.27. The molecule has 2 aromatic heterocycles. The smallest absolute Gasteiger partial charge is 0.162 e. The predicted octanol–water partition coefficient (Wildman–Crippen LogP) is 11.7. The fraction of sp³-hybridized carbons (Fsp3) is 0.429. The van der Waals surface area contributed by atoms with Crippen LogP contribution in [0.15, 0.2) is 70.9 Å². The first-order valence-electron chi connectivity index (χ1n) is 17.9. The summed E-state index contributed by atoms with van der Waals surface area (Å²) in [7, 11) is 0. The number of aromatic nitrogens is 1. The number of furan rings is 1. The van der Waals surface area contributed by atoms with E-state index < -0.39 is 0 Å². The van der Waals surface area contributed by atoms with Crippen molar-refractivity contribution in [3.63, 3.8) is 0 Å². The SMILES string of the molecule is CCC(CC)C(=O)/C=C(\O)C(CC)CC.[2H]c1nc(-c2[c-]c(C)cc3c2oc2ccccc23)c2cc3c(cc2c1[2H])C(C)(C)CC3(C)C.[Ir]. The van der Waals surface area contributed by atoms with E-state index in [0.717, 1.165) is 75.9 Å². The molecule has 0 saturated heterocycles. The zero-order chi connectivity index (χ0) is 35.1. The van der Waals surface area contributed by atoms with Crippen molar-refractivity contribution in [3.05, 3.63) is 89.3 Å². The minimum atomic E-state index is -0.0216. The van der Waals surface area contributed by atoms with Crippen LogP contribution in [0.1, 0.15) is 107 Å². The van der Waals surface area contributed by atoms with Crippen LogP contribution in [-0.2, 0) is 35.7 Å². The molecule has 0 amide bonds. The molecule has 1 aliphatic rings. The molecule has 0 atom stereocenters. The quantitative estimate of drug-likeness (QED) is 0.0963. The summed E-state index contributed by atoms with van der Waals surface area (Å²) in [6, 6.07) is 18.1. The van der Waals surface area contributed by atoms with Gasteiger partial charge in [-0.05, 0) is 82.6 Å². The van der Waals surface area contributed by atoms with Gasteiger partial charge in [-0.25, -0.2) is 0 Å². The number of aliphatic hydroxyl groups excluding tert-OH is 1. The van der Waals surface area contributed by atoms with Crippen LogP contribution in [0.2, 0.25) is 0 Å². The van der Waals surface area contributed by atoms with Crippen LogP contribution < -0.4 is 0 Å². The van der Waals surface area contributed by atoms with Crippen molar-refractivity contribution in [2.24, 2.45) is 11.8 Å². The van der Waals surface area contributed by atoms with Crippen LogP contribution in [0.5, 0.6) is 0 Å². The second kappa shape index (κ2) is 14.5. The summed E-state index contributed by atoms with van der Waals surface area (Å²) in [5.41, 5.74) is 6.58. The van der Waals surface area contributed by atoms with E-state index in [1.165, 1.54) is 17.2 Å². The third-order valence-corrected chi connectivity index (χ3v) is 9.98. The number of para-hydroxylation sites is 1. The summed E-state index contributed by atoms with van der Waals surface area (Å²) in [6.45, 7) is 19.2. The molecule has 1 N–H and O–H groups in total. The van der Waals surface area contributed by atoms with Crippen molar-refractivity contribution in [2.75, 3.05) is 0 Å². The van der Waals surface area contributed by atoms with Crippen molar-refractivity contribution in [1.29, 1.82) is 0 Å². The summed E-state index contributed by atoms with van der Waals surface area (Å²) < 4.78 is 23.4. The Morgan fingerprint density at radius 1 is 0.957 bits per heavy atom. The second-order valence-electron chi connectivity index (χ2n) is 14.3. The number of aryl methyl sites for hydroxylation is 1. The van der Waals surface area contributed by atoms with Gasteiger partial charge < -0.3 is 14.5 Å². The van der Waals surface area contributed by atoms with Gasteiger partial charge in [0, 0.05) is 49.6 Å². The first-order valence-corrected chi connectivity index (χ1v) is 16.9. The van der Waals surface area contributed by atoms with Gasteiger partial charge in [0.15, 0.2) is 5.78 Å². The number of rotatable bonds is 8. The molecule has 251 valence electrons. The number of aliphatic hydroxyl groups is 1. The molecule has 1 aliphatic carbocycles. The number of pyridine rings is 1. The van der Waals surface area contributed by atoms with E-state index in [0.29, 0.717) is 5.69 Å². The van der Waals surface area contributed by atoms with Gasteiger partial charge in [-0.3, -0.25) is 4.79 Å². The normalized spacial score (nSPS) is 15.8. The standard InChI is InChI=1S/C29H26NO.C13H24O2.Ir/c1-17-12-21-19-8-6-7-9-25(19)31-27(21)22(13-17)26-20-15-24-23(14-18(20)10-11-30-26)28(2,3)16-29(24,4)5;1-5-10(6-2)12(14)9-13(15)11(7-3)8-4;/h6-12,14-15H,16H2,1-5H3;9-11,14H,5-8H2,1-4H3;/q-1;;/b;12-9-;/i10D,11D;;. The summed E-state index contributed by atoms with van der Waals surface area (Å²) in [5, 5.41) is 13.5. The minimum absolute atomic E-state index is 0. The zero-order valence-corrected chi connectivity index (χ0v) is 31.7. The molecule has 0 fully saturated rings. The number of ketones is 1. The van der Waals surface area contributed by atoms with Crippen LogP contribution in [0, 0.1) is 24.8 Å². The van der Waals surface area contributed by atoms with Crippen molar-refractivity contribution >= 4 is 38.5 Å². The summed E-state index contributed by atoms with van der Waals surface area (Å²) in [6.07, 6.45) is 5.93. The molecule has 0 spiro atoms. The zero-order valence-electron chi connectivity index (χ0n) is 31.4. The van der Waals surface area contributed by atoms with E-state index >= 15 is 0 Å². The maximum atomic E-state index is 11.7. The maximum absolute atomic E-state index is 11.7. The number of hydrogen-bond donors (Lipinski definition) is 1. The molecule has 0 unspecified atom stereocenters. The molecule has 2 heterocycles. The number of fused-ring (bicyclic) bond motifs is 5. The molecular formula is C42H50IrNO3-. The predicted molar refractivity (Wildman–Crippen MR) is 193 cm³/mol. The van der Waals surface area contributed by atoms with Crippen LogP contribution in [0.3, 0.4) is 0 Å². The number of nitrogens with zero attached hydrogens (tertiary/aromatic N) is 1. The third-order valence-electron chi connectivity index (χ3n) is 9.98. The Kier molecular flexibility index (Phi) is 10.3. The number of allylic oxidation sites excluding steroid dienone is 2. The van der Waals surface area contributed by atoms with Crippen LogP contribution in [-0.4, -0.2) is 15.9 Å². The largest absolute Gasteiger partial charge is 0.512 e. The van der Waals surface area contributed by atoms with Gasteiger partial charge in [0.1, 0.15) is 5.58 Å². The van der Waals surface area contributed by atoms with E-state index in [1.54, 1.807) is 0 Å². The fourth-order valence-corrected chi connectivity index (χ4v) is 7.56. The van der Waals surface area contributed by atoms with Crippen molar-refractivity contribution < 1.29 is 37.2 Å². The van der Waals surface area contributed by atoms with Crippen LogP contribution in [0.25, 0.3) is 44.0 Å². The number of carbonyl (C=O) groups excluding carboxylic acids is 1. The first kappa shape index (κ1) is 33.6. The van der Waals surface area contributed by atoms with E-state index in [2.05, 4.69) is 63.0 Å². The van der Waals surface area contributed by atoms with E-state index in [-0.39, 0.29) is 66.5 Å². The number of benzene rings is 3. The summed E-state index contributed by atoms with van der Waals surface area (Å²) >= 11 is 0. The summed E-state index contributed by atoms with van der Waals surface area (Å²) in [5.74, 6) is 0.547. The van der Waals surface area contributed by atoms with Gasteiger partial charge in [0.2, 0.25) is 0 Å². The molecule has 0 bridgehead atoms. The Morgan fingerprint density at radius 3 is 2.21 bits per heavy atom. The molecular weight excluding hydrogens is 759 g/mol. The van der Waals surface area contributed by atoms with Gasteiger partial charge in [-0.15, -0.1) is 17.7 Å². The fourth-order valence-electron chi connectivity index (χ4n) is 7.56. The Balaban J connectivity index is 0.000000290. The average molecular weight is 811 g/mol. The Bertz CT molecular complexity index is 2030. The topological polar surface area (TPSA) is 63.3 Å². The van der Waals surface area contributed by atoms with E-state index in [9.17, 15) is 9.90 Å². The van der Waals surface area contributed by atoms with Gasteiger partial charge in [-0.1, -0.05) is 104 Å². The van der Waals surface area contributed by atoms with Gasteiger partial charge in [0.25, 0.3) is 0 Å². The molecule has 0 aliphatic heterocycles. The van der Waals surface area contributed by atoms with Crippen molar-refractivity contribution in [2.45, 2.75) is 105 Å². The molecule has 5 aromatic rings. The van der Waals surface area contributed by atoms with Gasteiger partial charge in [0.05, 0.1) is 14.1 Å². The minimum Gasteiger partial charge on any atom is -0.512 e. The van der Waals surface area contributed by atoms with Crippen molar-refractivity contribution in [3.8, 4) is 11.3 Å². The second-order valence-corrected chi connectivity index (χ2v) is 14.3. The Morgan fingerprint density at radius 2 is 1.57 bits per heavy atom.